The molecule has 4 aromatic rings. The zero-order valence-electron chi connectivity index (χ0n) is 25.6. The average Bonchev–Trinajstić information content (AvgIpc) is 3.56. The van der Waals surface area contributed by atoms with E-state index in [9.17, 15) is 18.0 Å². The number of hydrogen-bond donors (Lipinski definition) is 1. The van der Waals surface area contributed by atoms with Gasteiger partial charge < -0.3 is 10.2 Å². The van der Waals surface area contributed by atoms with Crippen LogP contribution in [0.4, 0.5) is 10.1 Å². The predicted octanol–water partition coefficient (Wildman–Crippen LogP) is 6.79. The molecule has 5 rings (SSSR count). The minimum absolute atomic E-state index is 0.0163. The van der Waals surface area contributed by atoms with Gasteiger partial charge in [-0.2, -0.15) is 0 Å². The van der Waals surface area contributed by atoms with Gasteiger partial charge in [-0.3, -0.25) is 13.9 Å². The second kappa shape index (κ2) is 15.0. The molecule has 46 heavy (non-hydrogen) atoms. The molecule has 240 valence electrons. The molecule has 0 spiro atoms. The first-order chi connectivity index (χ1) is 22.1. The smallest absolute Gasteiger partial charge is 0.264 e. The summed E-state index contributed by atoms with van der Waals surface area (Å²) in [5.74, 6) is -1.51. The third kappa shape index (κ3) is 8.22. The summed E-state index contributed by atoms with van der Waals surface area (Å²) < 4.78 is 45.1. The van der Waals surface area contributed by atoms with Crippen LogP contribution in [0.15, 0.2) is 112 Å². The van der Waals surface area contributed by atoms with E-state index in [4.69, 9.17) is 0 Å². The van der Waals surface area contributed by atoms with E-state index < -0.39 is 34.3 Å². The predicted molar refractivity (Wildman–Crippen MR) is 181 cm³/mol. The van der Waals surface area contributed by atoms with Crippen LogP contribution < -0.4 is 9.62 Å². The van der Waals surface area contributed by atoms with Crippen LogP contribution in [0.1, 0.15) is 42.4 Å². The Morgan fingerprint density at radius 2 is 1.52 bits per heavy atom. The molecule has 1 saturated carbocycles. The van der Waals surface area contributed by atoms with Gasteiger partial charge in [0, 0.05) is 29.0 Å². The minimum Gasteiger partial charge on any atom is -0.352 e. The molecule has 0 aliphatic heterocycles. The Bertz CT molecular complexity index is 1750. The average molecular weight is 707 g/mol. The van der Waals surface area contributed by atoms with Gasteiger partial charge in [-0.05, 0) is 67.8 Å². The van der Waals surface area contributed by atoms with Gasteiger partial charge >= 0.3 is 0 Å². The van der Waals surface area contributed by atoms with Crippen LogP contribution in [-0.4, -0.2) is 43.8 Å². The van der Waals surface area contributed by atoms with Gasteiger partial charge in [0.05, 0.1) is 10.6 Å². The number of nitrogens with one attached hydrogen (secondary N) is 1. The number of sulfonamides is 1. The zero-order chi connectivity index (χ0) is 32.7. The number of amides is 2. The van der Waals surface area contributed by atoms with Gasteiger partial charge in [0.15, 0.2) is 0 Å². The van der Waals surface area contributed by atoms with Crippen molar-refractivity contribution in [2.45, 2.75) is 62.6 Å². The summed E-state index contributed by atoms with van der Waals surface area (Å²) in [5, 5.41) is 3.12. The van der Waals surface area contributed by atoms with Crippen molar-refractivity contribution in [2.24, 2.45) is 0 Å². The lowest BCUT2D eigenvalue weighted by Crippen LogP contribution is -2.54. The molecule has 1 atom stereocenters. The van der Waals surface area contributed by atoms with Crippen molar-refractivity contribution in [3.05, 3.63) is 130 Å². The van der Waals surface area contributed by atoms with E-state index in [1.54, 1.807) is 54.6 Å². The molecule has 2 amide bonds. The topological polar surface area (TPSA) is 86.8 Å². The molecule has 1 N–H and O–H groups in total. The Hall–Kier alpha value is -4.02. The quantitative estimate of drug-likeness (QED) is 0.176. The highest BCUT2D eigenvalue weighted by molar-refractivity contribution is 9.10. The summed E-state index contributed by atoms with van der Waals surface area (Å²) in [7, 11) is -4.22. The number of carbonyl (C=O) groups excluding carboxylic acids is 2. The Kier molecular flexibility index (Phi) is 10.9. The number of anilines is 1. The van der Waals surface area contributed by atoms with E-state index in [-0.39, 0.29) is 41.1 Å². The molecule has 1 fully saturated rings. The fourth-order valence-electron chi connectivity index (χ4n) is 5.71. The van der Waals surface area contributed by atoms with Gasteiger partial charge in [-0.1, -0.05) is 95.0 Å². The van der Waals surface area contributed by atoms with Crippen molar-refractivity contribution in [1.82, 2.24) is 10.2 Å². The lowest BCUT2D eigenvalue weighted by Gasteiger charge is -2.34. The highest BCUT2D eigenvalue weighted by Crippen LogP contribution is 2.27. The van der Waals surface area contributed by atoms with Crippen LogP contribution in [-0.2, 0) is 32.6 Å². The minimum atomic E-state index is -4.22. The lowest BCUT2D eigenvalue weighted by molar-refractivity contribution is -0.140. The summed E-state index contributed by atoms with van der Waals surface area (Å²) in [4.78, 5) is 29.9. The van der Waals surface area contributed by atoms with Crippen molar-refractivity contribution in [2.75, 3.05) is 10.8 Å². The maximum atomic E-state index is 15.1. The van der Waals surface area contributed by atoms with Crippen LogP contribution >= 0.6 is 15.9 Å². The highest BCUT2D eigenvalue weighted by atomic mass is 79.9. The molecule has 0 saturated heterocycles. The first-order valence-corrected chi connectivity index (χ1v) is 17.6. The molecule has 7 nitrogen and oxygen atoms in total. The fourth-order valence-corrected chi connectivity index (χ4v) is 7.38. The molecule has 0 aromatic heterocycles. The Balaban J connectivity index is 1.57. The first-order valence-electron chi connectivity index (χ1n) is 15.3. The Morgan fingerprint density at radius 3 is 2.17 bits per heavy atom. The van der Waals surface area contributed by atoms with Crippen molar-refractivity contribution in [1.29, 1.82) is 0 Å². The van der Waals surface area contributed by atoms with Crippen LogP contribution in [0, 0.1) is 12.7 Å². The second-order valence-electron chi connectivity index (χ2n) is 11.6. The van der Waals surface area contributed by atoms with E-state index in [1.807, 2.05) is 37.3 Å². The second-order valence-corrected chi connectivity index (χ2v) is 14.4. The summed E-state index contributed by atoms with van der Waals surface area (Å²) in [6.07, 6.45) is 3.87. The molecular formula is C36H37BrFN3O4S. The number of carbonyl (C=O) groups is 2. The third-order valence-electron chi connectivity index (χ3n) is 8.27. The zero-order valence-corrected chi connectivity index (χ0v) is 28.0. The van der Waals surface area contributed by atoms with Gasteiger partial charge in [-0.15, -0.1) is 0 Å². The van der Waals surface area contributed by atoms with Gasteiger partial charge in [0.25, 0.3) is 10.0 Å². The van der Waals surface area contributed by atoms with Crippen LogP contribution in [0.2, 0.25) is 0 Å². The summed E-state index contributed by atoms with van der Waals surface area (Å²) >= 11 is 3.39. The van der Waals surface area contributed by atoms with Crippen molar-refractivity contribution in [3.8, 4) is 0 Å². The maximum Gasteiger partial charge on any atom is 0.264 e. The fraction of sp³-hybridized carbons (Fsp3) is 0.278. The number of hydrogen-bond acceptors (Lipinski definition) is 4. The Morgan fingerprint density at radius 1 is 0.891 bits per heavy atom. The highest BCUT2D eigenvalue weighted by Gasteiger charge is 2.36. The molecule has 1 aliphatic rings. The maximum absolute atomic E-state index is 15.1. The van der Waals surface area contributed by atoms with Crippen LogP contribution in [0.3, 0.4) is 0 Å². The third-order valence-corrected chi connectivity index (χ3v) is 10.6. The van der Waals surface area contributed by atoms with E-state index in [0.29, 0.717) is 0 Å². The number of nitrogens with zero attached hydrogens (tertiary/aromatic N) is 2. The molecule has 4 aromatic carbocycles. The normalized spacial score (nSPS) is 14.1. The van der Waals surface area contributed by atoms with E-state index in [2.05, 4.69) is 21.2 Å². The van der Waals surface area contributed by atoms with E-state index in [0.717, 1.165) is 45.6 Å². The van der Waals surface area contributed by atoms with Gasteiger partial charge in [0.2, 0.25) is 11.8 Å². The van der Waals surface area contributed by atoms with Crippen molar-refractivity contribution < 1.29 is 22.4 Å². The number of aryl methyl sites for hydroxylation is 1. The summed E-state index contributed by atoms with van der Waals surface area (Å²) in [6, 6.07) is 27.4. The van der Waals surface area contributed by atoms with E-state index in [1.165, 1.54) is 23.1 Å². The van der Waals surface area contributed by atoms with Gasteiger partial charge in [0.1, 0.15) is 18.4 Å². The van der Waals surface area contributed by atoms with Crippen molar-refractivity contribution >= 4 is 43.5 Å². The van der Waals surface area contributed by atoms with Crippen LogP contribution in [0.5, 0.6) is 0 Å². The lowest BCUT2D eigenvalue weighted by atomic mass is 10.0. The summed E-state index contributed by atoms with van der Waals surface area (Å²) in [5.41, 5.74) is 2.20. The SMILES string of the molecule is Cc1ccc(S(=O)(=O)N(CC(=O)N(Cc2ccccc2F)[C@H](Cc2ccccc2)C(=O)NC2CCCC2)c2ccc(Br)cc2)cc1. The Labute approximate surface area is 278 Å². The molecule has 0 unspecified atom stereocenters. The molecule has 0 heterocycles. The largest absolute Gasteiger partial charge is 0.352 e. The van der Waals surface area contributed by atoms with Crippen LogP contribution in [0.25, 0.3) is 0 Å². The number of benzene rings is 4. The molecule has 0 radical (unpaired) electrons. The monoisotopic (exact) mass is 705 g/mol. The molecule has 0 bridgehead atoms. The summed E-state index contributed by atoms with van der Waals surface area (Å²) in [6.45, 7) is 1.03. The van der Waals surface area contributed by atoms with Crippen molar-refractivity contribution in [3.63, 3.8) is 0 Å². The number of rotatable bonds is 12. The van der Waals surface area contributed by atoms with E-state index >= 15 is 4.39 Å². The molecular weight excluding hydrogens is 669 g/mol. The first kappa shape index (κ1) is 33.3. The molecule has 1 aliphatic carbocycles. The standard InChI is InChI=1S/C36H37BrFN3O4S/c1-26-15-21-32(22-16-26)46(44,45)41(31-19-17-29(37)18-20-31)25-35(42)40(24-28-11-5-8-14-33(28)38)34(23-27-9-3-2-4-10-27)36(43)39-30-12-6-7-13-30/h2-5,8-11,14-22,30,34H,6-7,12-13,23-25H2,1H3,(H,39,43)/t34-/m1/s1. The van der Waals surface area contributed by atoms with Gasteiger partial charge in [-0.25, -0.2) is 12.8 Å². The number of halogens is 2. The molecule has 10 heteroatoms.